The molecule has 2 aromatic rings. The molecule has 0 bridgehead atoms. The van der Waals surface area contributed by atoms with Crippen LogP contribution in [0.1, 0.15) is 22.2 Å². The van der Waals surface area contributed by atoms with Gasteiger partial charge in [-0.05, 0) is 12.1 Å². The van der Waals surface area contributed by atoms with E-state index < -0.39 is 5.97 Å². The topological polar surface area (TPSA) is 73.3 Å². The van der Waals surface area contributed by atoms with Crippen molar-refractivity contribution in [3.8, 4) is 5.75 Å². The number of esters is 1. The van der Waals surface area contributed by atoms with E-state index in [1.165, 1.54) is 13.3 Å². The molecule has 102 valence electrons. The lowest BCUT2D eigenvalue weighted by Crippen LogP contribution is -2.15. The molecule has 0 spiro atoms. The smallest absolute Gasteiger partial charge is 0.376 e. The molecule has 1 aromatic carbocycles. The number of carbonyl (C=O) groups is 1. The standard InChI is InChI=1S/C14H13N3O3/c1-19-14(18)13-15-7-6-12(17-13)16-10-8-20-11-5-3-2-4-9(10)11/h2-7,10H,8H2,1H3,(H,15,16,17). The molecule has 3 rings (SSSR count). The van der Waals surface area contributed by atoms with Crippen molar-refractivity contribution in [1.82, 2.24) is 9.97 Å². The van der Waals surface area contributed by atoms with Gasteiger partial charge in [-0.3, -0.25) is 0 Å². The number of carbonyl (C=O) groups excluding carboxylic acids is 1. The summed E-state index contributed by atoms with van der Waals surface area (Å²) in [5.41, 5.74) is 1.07. The lowest BCUT2D eigenvalue weighted by Gasteiger charge is -2.12. The third-order valence-corrected chi connectivity index (χ3v) is 3.05. The molecule has 1 N–H and O–H groups in total. The van der Waals surface area contributed by atoms with E-state index >= 15 is 0 Å². The van der Waals surface area contributed by atoms with Crippen molar-refractivity contribution in [2.45, 2.75) is 6.04 Å². The third kappa shape index (κ3) is 2.27. The fourth-order valence-electron chi connectivity index (χ4n) is 2.09. The van der Waals surface area contributed by atoms with Gasteiger partial charge in [0.05, 0.1) is 13.2 Å². The second-order valence-corrected chi connectivity index (χ2v) is 4.30. The number of nitrogens with one attached hydrogen (secondary N) is 1. The van der Waals surface area contributed by atoms with Gasteiger partial charge in [0.15, 0.2) is 0 Å². The first-order valence-electron chi connectivity index (χ1n) is 6.17. The van der Waals surface area contributed by atoms with Crippen LogP contribution in [-0.2, 0) is 4.74 Å². The van der Waals surface area contributed by atoms with E-state index in [2.05, 4.69) is 20.0 Å². The minimum Gasteiger partial charge on any atom is -0.491 e. The van der Waals surface area contributed by atoms with Crippen LogP contribution < -0.4 is 10.1 Å². The first-order chi connectivity index (χ1) is 9.78. The lowest BCUT2D eigenvalue weighted by atomic mass is 10.1. The number of para-hydroxylation sites is 1. The van der Waals surface area contributed by atoms with E-state index in [-0.39, 0.29) is 11.9 Å². The SMILES string of the molecule is COC(=O)c1nccc(NC2COc3ccccc32)n1. The molecule has 1 aromatic heterocycles. The van der Waals surface area contributed by atoms with Gasteiger partial charge in [-0.1, -0.05) is 18.2 Å². The Hall–Kier alpha value is -2.63. The van der Waals surface area contributed by atoms with E-state index in [4.69, 9.17) is 4.74 Å². The van der Waals surface area contributed by atoms with E-state index in [1.54, 1.807) is 6.07 Å². The number of nitrogens with zero attached hydrogens (tertiary/aromatic N) is 2. The summed E-state index contributed by atoms with van der Waals surface area (Å²) in [4.78, 5) is 19.4. The highest BCUT2D eigenvalue weighted by Crippen LogP contribution is 2.33. The maximum atomic E-state index is 11.4. The lowest BCUT2D eigenvalue weighted by molar-refractivity contribution is 0.0587. The molecule has 0 radical (unpaired) electrons. The highest BCUT2D eigenvalue weighted by molar-refractivity contribution is 5.85. The summed E-state index contributed by atoms with van der Waals surface area (Å²) in [6.07, 6.45) is 1.52. The highest BCUT2D eigenvalue weighted by atomic mass is 16.5. The summed E-state index contributed by atoms with van der Waals surface area (Å²) in [5.74, 6) is 0.902. The number of methoxy groups -OCH3 is 1. The van der Waals surface area contributed by atoms with Gasteiger partial charge in [-0.2, -0.15) is 0 Å². The van der Waals surface area contributed by atoms with Crippen molar-refractivity contribution < 1.29 is 14.3 Å². The second-order valence-electron chi connectivity index (χ2n) is 4.30. The largest absolute Gasteiger partial charge is 0.491 e. The van der Waals surface area contributed by atoms with Crippen molar-refractivity contribution >= 4 is 11.8 Å². The fraction of sp³-hybridized carbons (Fsp3) is 0.214. The van der Waals surface area contributed by atoms with Gasteiger partial charge in [-0.15, -0.1) is 0 Å². The average Bonchev–Trinajstić information content (AvgIpc) is 2.90. The monoisotopic (exact) mass is 271 g/mol. The second kappa shape index (κ2) is 5.16. The van der Waals surface area contributed by atoms with E-state index in [0.717, 1.165) is 11.3 Å². The molecular formula is C14H13N3O3. The summed E-state index contributed by atoms with van der Waals surface area (Å²) in [6, 6.07) is 9.53. The van der Waals surface area contributed by atoms with Crippen molar-refractivity contribution in [2.24, 2.45) is 0 Å². The van der Waals surface area contributed by atoms with Gasteiger partial charge in [0.25, 0.3) is 0 Å². The van der Waals surface area contributed by atoms with Gasteiger partial charge in [0.2, 0.25) is 5.82 Å². The maximum absolute atomic E-state index is 11.4. The van der Waals surface area contributed by atoms with Gasteiger partial charge in [0.1, 0.15) is 18.2 Å². The molecule has 1 aliphatic heterocycles. The number of hydrogen-bond donors (Lipinski definition) is 1. The molecule has 0 fully saturated rings. The van der Waals surface area contributed by atoms with Crippen LogP contribution in [0.4, 0.5) is 5.82 Å². The summed E-state index contributed by atoms with van der Waals surface area (Å²) in [7, 11) is 1.30. The minimum atomic E-state index is -0.559. The molecule has 2 heterocycles. The van der Waals surface area contributed by atoms with Crippen molar-refractivity contribution in [3.63, 3.8) is 0 Å². The minimum absolute atomic E-state index is 0.00611. The first kappa shape index (κ1) is 12.4. The number of hydrogen-bond acceptors (Lipinski definition) is 6. The van der Waals surface area contributed by atoms with Crippen LogP contribution >= 0.6 is 0 Å². The molecule has 0 aliphatic carbocycles. The number of ether oxygens (including phenoxy) is 2. The molecule has 1 atom stereocenters. The maximum Gasteiger partial charge on any atom is 0.376 e. The predicted molar refractivity (Wildman–Crippen MR) is 71.7 cm³/mol. The van der Waals surface area contributed by atoms with E-state index in [0.29, 0.717) is 12.4 Å². The van der Waals surface area contributed by atoms with Crippen molar-refractivity contribution in [2.75, 3.05) is 19.0 Å². The van der Waals surface area contributed by atoms with E-state index in [1.807, 2.05) is 24.3 Å². The Morgan fingerprint density at radius 1 is 1.40 bits per heavy atom. The van der Waals surface area contributed by atoms with Crippen molar-refractivity contribution in [3.05, 3.63) is 47.9 Å². The van der Waals surface area contributed by atoms with Crippen LogP contribution in [0.2, 0.25) is 0 Å². The zero-order chi connectivity index (χ0) is 13.9. The van der Waals surface area contributed by atoms with Gasteiger partial charge >= 0.3 is 5.97 Å². The van der Waals surface area contributed by atoms with Crippen LogP contribution in [0.25, 0.3) is 0 Å². The van der Waals surface area contributed by atoms with Gasteiger partial charge in [-0.25, -0.2) is 14.8 Å². The molecule has 6 heteroatoms. The Morgan fingerprint density at radius 2 is 2.25 bits per heavy atom. The van der Waals surface area contributed by atoms with E-state index in [9.17, 15) is 4.79 Å². The van der Waals surface area contributed by atoms with Gasteiger partial charge < -0.3 is 14.8 Å². The Bertz CT molecular complexity index is 645. The summed E-state index contributed by atoms with van der Waals surface area (Å²) >= 11 is 0. The Morgan fingerprint density at radius 3 is 3.10 bits per heavy atom. The fourth-order valence-corrected chi connectivity index (χ4v) is 2.09. The number of benzene rings is 1. The van der Waals surface area contributed by atoms with Crippen LogP contribution in [-0.4, -0.2) is 29.7 Å². The quantitative estimate of drug-likeness (QED) is 0.858. The zero-order valence-electron chi connectivity index (χ0n) is 10.9. The third-order valence-electron chi connectivity index (χ3n) is 3.05. The number of aromatic nitrogens is 2. The zero-order valence-corrected chi connectivity index (χ0v) is 10.9. The van der Waals surface area contributed by atoms with Gasteiger partial charge in [0, 0.05) is 11.8 Å². The first-order valence-corrected chi connectivity index (χ1v) is 6.17. The molecule has 1 aliphatic rings. The molecule has 6 nitrogen and oxygen atoms in total. The normalized spacial score (nSPS) is 16.1. The number of fused-ring (bicyclic) bond motifs is 1. The molecule has 0 saturated carbocycles. The Balaban J connectivity index is 1.81. The van der Waals surface area contributed by atoms with Crippen LogP contribution in [0, 0.1) is 0 Å². The summed E-state index contributed by atoms with van der Waals surface area (Å²) < 4.78 is 10.2. The Labute approximate surface area is 115 Å². The molecular weight excluding hydrogens is 258 g/mol. The highest BCUT2D eigenvalue weighted by Gasteiger charge is 2.24. The van der Waals surface area contributed by atoms with Crippen LogP contribution in [0.3, 0.4) is 0 Å². The predicted octanol–water partition coefficient (Wildman–Crippen LogP) is 1.81. The molecule has 20 heavy (non-hydrogen) atoms. The van der Waals surface area contributed by atoms with Crippen LogP contribution in [0.5, 0.6) is 5.75 Å². The molecule has 1 unspecified atom stereocenters. The molecule has 0 amide bonds. The number of anilines is 1. The summed E-state index contributed by atoms with van der Waals surface area (Å²) in [5, 5.41) is 3.23. The summed E-state index contributed by atoms with van der Waals surface area (Å²) in [6.45, 7) is 0.525. The Kier molecular flexibility index (Phi) is 3.20. The average molecular weight is 271 g/mol. The van der Waals surface area contributed by atoms with Crippen molar-refractivity contribution in [1.29, 1.82) is 0 Å². The number of rotatable bonds is 3. The molecule has 0 saturated heterocycles. The van der Waals surface area contributed by atoms with Crippen LogP contribution in [0.15, 0.2) is 36.5 Å².